The van der Waals surface area contributed by atoms with Gasteiger partial charge in [-0.2, -0.15) is 0 Å². The number of carbonyl (C=O) groups is 1. The second kappa shape index (κ2) is 7.30. The van der Waals surface area contributed by atoms with Crippen LogP contribution in [0.25, 0.3) is 22.2 Å². The fourth-order valence-corrected chi connectivity index (χ4v) is 3.90. The molecule has 0 saturated heterocycles. The van der Waals surface area contributed by atoms with Crippen LogP contribution >= 0.6 is 0 Å². The normalized spacial score (nSPS) is 13.6. The lowest BCUT2D eigenvalue weighted by atomic mass is 10.0. The molecule has 0 radical (unpaired) electrons. The summed E-state index contributed by atoms with van der Waals surface area (Å²) in [6.45, 7) is 3.08. The van der Waals surface area contributed by atoms with E-state index in [-0.39, 0.29) is 11.7 Å². The average Bonchev–Trinajstić information content (AvgIpc) is 3.10. The quantitative estimate of drug-likeness (QED) is 0.529. The monoisotopic (exact) mass is 401 g/mol. The number of halogens is 1. The Morgan fingerprint density at radius 3 is 2.80 bits per heavy atom. The molecule has 1 aromatic heterocycles. The molecule has 1 amide bonds. The van der Waals surface area contributed by atoms with Gasteiger partial charge in [-0.15, -0.1) is 0 Å². The summed E-state index contributed by atoms with van der Waals surface area (Å²) in [4.78, 5) is 22.3. The number of aromatic amines is 1. The van der Waals surface area contributed by atoms with Crippen LogP contribution in [-0.2, 0) is 6.54 Å². The van der Waals surface area contributed by atoms with Crippen LogP contribution in [-0.4, -0.2) is 33.9 Å². The lowest BCUT2D eigenvalue weighted by Gasteiger charge is -2.21. The van der Waals surface area contributed by atoms with E-state index in [1.54, 1.807) is 24.2 Å². The van der Waals surface area contributed by atoms with Crippen LogP contribution in [0.5, 0.6) is 5.75 Å². The van der Waals surface area contributed by atoms with Gasteiger partial charge in [0.05, 0.1) is 23.9 Å². The second-order valence-corrected chi connectivity index (χ2v) is 7.49. The molecule has 4 aromatic rings. The lowest BCUT2D eigenvalue weighted by molar-refractivity contribution is 0.0732. The van der Waals surface area contributed by atoms with Gasteiger partial charge in [-0.1, -0.05) is 12.1 Å². The molecule has 1 N–H and O–H groups in total. The maximum absolute atomic E-state index is 13.4. The van der Waals surface area contributed by atoms with Crippen molar-refractivity contribution in [3.8, 4) is 16.9 Å². The minimum Gasteiger partial charge on any atom is -0.491 e. The van der Waals surface area contributed by atoms with E-state index >= 15 is 0 Å². The first-order chi connectivity index (χ1) is 14.6. The van der Waals surface area contributed by atoms with Crippen LogP contribution in [0.4, 0.5) is 4.39 Å². The van der Waals surface area contributed by atoms with E-state index in [1.165, 1.54) is 12.1 Å². The number of rotatable bonds is 2. The molecule has 5 nitrogen and oxygen atoms in total. The highest BCUT2D eigenvalue weighted by atomic mass is 19.1. The Bertz CT molecular complexity index is 1260. The molecule has 6 heteroatoms. The molecule has 5 rings (SSSR count). The van der Waals surface area contributed by atoms with Gasteiger partial charge < -0.3 is 14.6 Å². The van der Waals surface area contributed by atoms with E-state index in [0.717, 1.165) is 33.5 Å². The Balaban J connectivity index is 1.47. The van der Waals surface area contributed by atoms with E-state index in [4.69, 9.17) is 4.74 Å². The molecular formula is C24H20FN3O2. The second-order valence-electron chi connectivity index (χ2n) is 7.49. The third kappa shape index (κ3) is 3.30. The molecule has 0 spiro atoms. The maximum Gasteiger partial charge on any atom is 0.254 e. The average molecular weight is 401 g/mol. The number of fused-ring (bicyclic) bond motifs is 2. The summed E-state index contributed by atoms with van der Waals surface area (Å²) in [5.74, 6) is 0.327. The van der Waals surface area contributed by atoms with Gasteiger partial charge in [0, 0.05) is 17.7 Å². The number of hydrogen-bond acceptors (Lipinski definition) is 3. The highest BCUT2D eigenvalue weighted by molar-refractivity contribution is 5.95. The van der Waals surface area contributed by atoms with E-state index < -0.39 is 0 Å². The van der Waals surface area contributed by atoms with Crippen LogP contribution in [0.2, 0.25) is 0 Å². The van der Waals surface area contributed by atoms with Gasteiger partial charge in [-0.3, -0.25) is 4.79 Å². The zero-order valence-corrected chi connectivity index (χ0v) is 16.5. The number of amides is 1. The van der Waals surface area contributed by atoms with Crippen LogP contribution in [0.3, 0.4) is 0 Å². The zero-order valence-electron chi connectivity index (χ0n) is 16.5. The molecule has 150 valence electrons. The van der Waals surface area contributed by atoms with Gasteiger partial charge >= 0.3 is 0 Å². The van der Waals surface area contributed by atoms with E-state index in [1.807, 2.05) is 24.3 Å². The summed E-state index contributed by atoms with van der Waals surface area (Å²) in [5.41, 5.74) is 6.09. The molecule has 0 aliphatic carbocycles. The van der Waals surface area contributed by atoms with Gasteiger partial charge in [-0.05, 0) is 66.1 Å². The highest BCUT2D eigenvalue weighted by Crippen LogP contribution is 2.31. The summed E-state index contributed by atoms with van der Waals surface area (Å²) in [5, 5.41) is 0. The smallest absolute Gasteiger partial charge is 0.254 e. The number of aromatic nitrogens is 2. The number of carbonyl (C=O) groups excluding carboxylic acids is 1. The highest BCUT2D eigenvalue weighted by Gasteiger charge is 2.23. The minimum atomic E-state index is -0.340. The van der Waals surface area contributed by atoms with Crippen molar-refractivity contribution in [1.82, 2.24) is 14.9 Å². The van der Waals surface area contributed by atoms with Crippen molar-refractivity contribution in [2.45, 2.75) is 13.5 Å². The van der Waals surface area contributed by atoms with Gasteiger partial charge in [-0.25, -0.2) is 9.37 Å². The number of H-pyrrole nitrogens is 1. The molecule has 3 aromatic carbocycles. The van der Waals surface area contributed by atoms with E-state index in [9.17, 15) is 9.18 Å². The van der Waals surface area contributed by atoms with Crippen LogP contribution in [0.1, 0.15) is 21.5 Å². The Hall–Kier alpha value is -3.67. The first-order valence-corrected chi connectivity index (χ1v) is 9.83. The number of ether oxygens (including phenoxy) is 1. The number of nitrogens with zero attached hydrogens (tertiary/aromatic N) is 2. The van der Waals surface area contributed by atoms with Crippen molar-refractivity contribution >= 4 is 16.9 Å². The number of hydrogen-bond donors (Lipinski definition) is 1. The molecule has 0 unspecified atom stereocenters. The number of benzene rings is 3. The first kappa shape index (κ1) is 18.4. The van der Waals surface area contributed by atoms with Crippen molar-refractivity contribution in [3.63, 3.8) is 0 Å². The number of imidazole rings is 1. The maximum atomic E-state index is 13.4. The molecule has 1 aliphatic heterocycles. The van der Waals surface area contributed by atoms with Gasteiger partial charge in [0.2, 0.25) is 0 Å². The van der Waals surface area contributed by atoms with Crippen LogP contribution in [0.15, 0.2) is 60.9 Å². The Labute approximate surface area is 173 Å². The largest absolute Gasteiger partial charge is 0.491 e. The van der Waals surface area contributed by atoms with Crippen molar-refractivity contribution in [2.24, 2.45) is 0 Å². The third-order valence-electron chi connectivity index (χ3n) is 5.50. The van der Waals surface area contributed by atoms with Crippen molar-refractivity contribution in [2.75, 3.05) is 13.2 Å². The predicted octanol–water partition coefficient (Wildman–Crippen LogP) is 4.71. The van der Waals surface area contributed by atoms with Crippen molar-refractivity contribution < 1.29 is 13.9 Å². The molecule has 0 bridgehead atoms. The first-order valence-electron chi connectivity index (χ1n) is 9.83. The topological polar surface area (TPSA) is 58.2 Å². The van der Waals surface area contributed by atoms with Crippen LogP contribution in [0, 0.1) is 12.7 Å². The lowest BCUT2D eigenvalue weighted by Crippen LogP contribution is -2.32. The van der Waals surface area contributed by atoms with Gasteiger partial charge in [0.25, 0.3) is 5.91 Å². The standard InChI is InChI=1S/C24H20FN3O2/c1-15-10-19(25)4-5-20(15)24(29)28-8-9-30-23-7-3-16(11-18(23)13-28)17-2-6-21-22(12-17)27-14-26-21/h2-7,10-12,14H,8-9,13H2,1H3,(H,26,27). The third-order valence-corrected chi connectivity index (χ3v) is 5.50. The molecule has 30 heavy (non-hydrogen) atoms. The van der Waals surface area contributed by atoms with E-state index in [2.05, 4.69) is 22.1 Å². The molecule has 1 aliphatic rings. The summed E-state index contributed by atoms with van der Waals surface area (Å²) in [6, 6.07) is 16.4. The number of nitrogens with one attached hydrogen (secondary N) is 1. The van der Waals surface area contributed by atoms with Gasteiger partial charge in [0.15, 0.2) is 0 Å². The Kier molecular flexibility index (Phi) is 4.47. The summed E-state index contributed by atoms with van der Waals surface area (Å²) in [6.07, 6.45) is 1.68. The fourth-order valence-electron chi connectivity index (χ4n) is 3.90. The Morgan fingerprint density at radius 1 is 1.10 bits per heavy atom. The minimum absolute atomic E-state index is 0.117. The predicted molar refractivity (Wildman–Crippen MR) is 113 cm³/mol. The van der Waals surface area contributed by atoms with Crippen molar-refractivity contribution in [1.29, 1.82) is 0 Å². The summed E-state index contributed by atoms with van der Waals surface area (Å²) in [7, 11) is 0. The molecule has 2 heterocycles. The SMILES string of the molecule is Cc1cc(F)ccc1C(=O)N1CCOc2ccc(-c3ccc4nc[nH]c4c3)cc2C1. The van der Waals surface area contributed by atoms with Gasteiger partial charge in [0.1, 0.15) is 18.2 Å². The molecule has 0 atom stereocenters. The van der Waals surface area contributed by atoms with Crippen molar-refractivity contribution in [3.05, 3.63) is 83.4 Å². The Morgan fingerprint density at radius 2 is 1.93 bits per heavy atom. The summed E-state index contributed by atoms with van der Waals surface area (Å²) < 4.78 is 19.3. The van der Waals surface area contributed by atoms with Crippen LogP contribution < -0.4 is 4.74 Å². The fraction of sp³-hybridized carbons (Fsp3) is 0.167. The zero-order chi connectivity index (χ0) is 20.7. The molecular weight excluding hydrogens is 381 g/mol. The van der Waals surface area contributed by atoms with E-state index in [0.29, 0.717) is 30.8 Å². The molecule has 0 saturated carbocycles. The summed E-state index contributed by atoms with van der Waals surface area (Å²) >= 11 is 0. The molecule has 0 fully saturated rings. The number of aryl methyl sites for hydroxylation is 1.